The van der Waals surface area contributed by atoms with E-state index in [1.807, 2.05) is 25.1 Å². The smallest absolute Gasteiger partial charge is 0.325 e. The number of aryl methyl sites for hydroxylation is 1. The molecule has 3 aromatic rings. The number of amides is 4. The predicted octanol–water partition coefficient (Wildman–Crippen LogP) is 2.77. The number of hydrogen-bond donors (Lipinski definition) is 2. The molecular formula is C21H18N4O4S. The van der Waals surface area contributed by atoms with Crippen LogP contribution in [0.15, 0.2) is 42.5 Å². The summed E-state index contributed by atoms with van der Waals surface area (Å²) in [5.74, 6) is -0.319. The van der Waals surface area contributed by atoms with Gasteiger partial charge in [-0.2, -0.15) is 0 Å². The molecule has 0 saturated carbocycles. The summed E-state index contributed by atoms with van der Waals surface area (Å²) in [6.07, 6.45) is 0.314. The second kappa shape index (κ2) is 6.81. The molecule has 3 heterocycles. The van der Waals surface area contributed by atoms with Crippen molar-refractivity contribution in [1.82, 2.24) is 15.2 Å². The first-order valence-corrected chi connectivity index (χ1v) is 10.3. The minimum Gasteiger partial charge on any atom is -0.493 e. The molecule has 2 N–H and O–H groups in total. The third kappa shape index (κ3) is 2.89. The molecule has 2 aliphatic heterocycles. The highest BCUT2D eigenvalue weighted by Crippen LogP contribution is 2.40. The number of carbonyl (C=O) groups is 3. The lowest BCUT2D eigenvalue weighted by Gasteiger charge is -2.33. The van der Waals surface area contributed by atoms with Crippen molar-refractivity contribution in [2.24, 2.45) is 0 Å². The van der Waals surface area contributed by atoms with E-state index in [0.29, 0.717) is 30.0 Å². The van der Waals surface area contributed by atoms with Crippen LogP contribution in [-0.4, -0.2) is 40.9 Å². The monoisotopic (exact) mass is 422 g/mol. The van der Waals surface area contributed by atoms with Crippen LogP contribution in [0, 0.1) is 6.92 Å². The second-order valence-corrected chi connectivity index (χ2v) is 8.52. The number of urea groups is 1. The first-order chi connectivity index (χ1) is 14.5. The first-order valence-electron chi connectivity index (χ1n) is 9.50. The number of imide groups is 1. The minimum atomic E-state index is -1.19. The molecule has 1 fully saturated rings. The van der Waals surface area contributed by atoms with E-state index in [2.05, 4.69) is 15.6 Å². The molecule has 8 nitrogen and oxygen atoms in total. The van der Waals surface area contributed by atoms with E-state index in [9.17, 15) is 14.4 Å². The van der Waals surface area contributed by atoms with Crippen molar-refractivity contribution in [3.63, 3.8) is 0 Å². The molecule has 1 atom stereocenters. The summed E-state index contributed by atoms with van der Waals surface area (Å²) in [7, 11) is 0. The maximum Gasteiger partial charge on any atom is 0.325 e. The fourth-order valence-electron chi connectivity index (χ4n) is 3.98. The highest BCUT2D eigenvalue weighted by Gasteiger charge is 2.55. The zero-order valence-electron chi connectivity index (χ0n) is 16.1. The molecule has 0 unspecified atom stereocenters. The molecule has 30 heavy (non-hydrogen) atoms. The number of anilines is 1. The number of rotatable bonds is 3. The van der Waals surface area contributed by atoms with Crippen LogP contribution in [0.4, 0.5) is 10.5 Å². The van der Waals surface area contributed by atoms with Crippen LogP contribution in [0.25, 0.3) is 10.2 Å². The number of ether oxygens (including phenoxy) is 1. The van der Waals surface area contributed by atoms with Crippen LogP contribution in [0.5, 0.6) is 5.75 Å². The number of para-hydroxylation sites is 1. The maximum atomic E-state index is 13.2. The number of aromatic nitrogens is 1. The van der Waals surface area contributed by atoms with E-state index in [4.69, 9.17) is 4.74 Å². The lowest BCUT2D eigenvalue weighted by molar-refractivity contribution is -0.135. The molecule has 2 aromatic carbocycles. The molecule has 1 saturated heterocycles. The SMILES string of the molecule is Cc1nc2ccc(NC(=O)CN3C(=O)N[C@@]4(CCOc5ccccc54)C3=O)cc2s1. The van der Waals surface area contributed by atoms with Gasteiger partial charge in [0.05, 0.1) is 21.8 Å². The van der Waals surface area contributed by atoms with E-state index in [1.54, 1.807) is 24.3 Å². The van der Waals surface area contributed by atoms with E-state index < -0.39 is 23.4 Å². The zero-order valence-corrected chi connectivity index (χ0v) is 16.9. The van der Waals surface area contributed by atoms with Crippen LogP contribution in [0.2, 0.25) is 0 Å². The molecule has 5 rings (SSSR count). The highest BCUT2D eigenvalue weighted by atomic mass is 32.1. The molecule has 9 heteroatoms. The first kappa shape index (κ1) is 18.6. The summed E-state index contributed by atoms with van der Waals surface area (Å²) >= 11 is 1.53. The Morgan fingerprint density at radius 1 is 1.30 bits per heavy atom. The van der Waals surface area contributed by atoms with Gasteiger partial charge >= 0.3 is 6.03 Å². The molecule has 0 aliphatic carbocycles. The van der Waals surface area contributed by atoms with Crippen molar-refractivity contribution in [2.75, 3.05) is 18.5 Å². The summed E-state index contributed by atoms with van der Waals surface area (Å²) in [6, 6.07) is 12.0. The van der Waals surface area contributed by atoms with E-state index in [1.165, 1.54) is 11.3 Å². The van der Waals surface area contributed by atoms with Gasteiger partial charge in [0.1, 0.15) is 12.3 Å². The summed E-state index contributed by atoms with van der Waals surface area (Å²) in [5, 5.41) is 6.50. The van der Waals surface area contributed by atoms with Gasteiger partial charge in [0.2, 0.25) is 5.91 Å². The molecule has 0 radical (unpaired) electrons. The predicted molar refractivity (Wildman–Crippen MR) is 111 cm³/mol. The fourth-order valence-corrected chi connectivity index (χ4v) is 4.84. The molecular weight excluding hydrogens is 404 g/mol. The van der Waals surface area contributed by atoms with Gasteiger partial charge < -0.3 is 15.4 Å². The Kier molecular flexibility index (Phi) is 4.21. The van der Waals surface area contributed by atoms with E-state index in [-0.39, 0.29) is 6.54 Å². The Morgan fingerprint density at radius 3 is 3.00 bits per heavy atom. The highest BCUT2D eigenvalue weighted by molar-refractivity contribution is 7.18. The topological polar surface area (TPSA) is 101 Å². The molecule has 2 aliphatic rings. The van der Waals surface area contributed by atoms with Gasteiger partial charge in [0.25, 0.3) is 5.91 Å². The van der Waals surface area contributed by atoms with Crippen LogP contribution in [0.1, 0.15) is 17.0 Å². The van der Waals surface area contributed by atoms with Crippen LogP contribution in [-0.2, 0) is 15.1 Å². The number of thiazole rings is 1. The number of benzene rings is 2. The number of carbonyl (C=O) groups excluding carboxylic acids is 3. The van der Waals surface area contributed by atoms with Gasteiger partial charge in [-0.15, -0.1) is 11.3 Å². The van der Waals surface area contributed by atoms with Crippen LogP contribution in [0.3, 0.4) is 0 Å². The van der Waals surface area contributed by atoms with Gasteiger partial charge in [-0.1, -0.05) is 18.2 Å². The average molecular weight is 422 g/mol. The number of hydrogen-bond acceptors (Lipinski definition) is 6. The van der Waals surface area contributed by atoms with Crippen molar-refractivity contribution in [3.05, 3.63) is 53.0 Å². The van der Waals surface area contributed by atoms with Crippen LogP contribution >= 0.6 is 11.3 Å². The number of fused-ring (bicyclic) bond motifs is 3. The Bertz CT molecular complexity index is 1210. The van der Waals surface area contributed by atoms with Gasteiger partial charge in [-0.25, -0.2) is 9.78 Å². The maximum absolute atomic E-state index is 13.2. The molecule has 4 amide bonds. The summed E-state index contributed by atoms with van der Waals surface area (Å²) < 4.78 is 6.58. The van der Waals surface area contributed by atoms with Crippen molar-refractivity contribution < 1.29 is 19.1 Å². The largest absolute Gasteiger partial charge is 0.493 e. The van der Waals surface area contributed by atoms with Gasteiger partial charge in [0, 0.05) is 17.7 Å². The second-order valence-electron chi connectivity index (χ2n) is 7.28. The number of nitrogens with one attached hydrogen (secondary N) is 2. The molecule has 1 spiro atoms. The Labute approximate surface area is 175 Å². The lowest BCUT2D eigenvalue weighted by atomic mass is 9.84. The summed E-state index contributed by atoms with van der Waals surface area (Å²) in [5.41, 5.74) is 0.883. The standard InChI is InChI=1S/C21H18N4O4S/c1-12-22-15-7-6-13(10-17(15)30-12)23-18(26)11-25-19(27)21(24-20(25)28)8-9-29-16-5-3-2-4-14(16)21/h2-7,10H,8-9,11H2,1H3,(H,23,26)(H,24,28)/t21-/m1/s1. The van der Waals surface area contributed by atoms with E-state index >= 15 is 0 Å². The Morgan fingerprint density at radius 2 is 2.13 bits per heavy atom. The summed E-state index contributed by atoms with van der Waals surface area (Å²) in [4.78, 5) is 43.8. The normalized spacial score (nSPS) is 20.2. The van der Waals surface area contributed by atoms with Gasteiger partial charge in [0.15, 0.2) is 5.54 Å². The van der Waals surface area contributed by atoms with Crippen molar-refractivity contribution in [2.45, 2.75) is 18.9 Å². The van der Waals surface area contributed by atoms with Crippen LogP contribution < -0.4 is 15.4 Å². The lowest BCUT2D eigenvalue weighted by Crippen LogP contribution is -2.48. The zero-order chi connectivity index (χ0) is 20.9. The average Bonchev–Trinajstić information content (AvgIpc) is 3.20. The van der Waals surface area contributed by atoms with Gasteiger partial charge in [-0.05, 0) is 31.2 Å². The third-order valence-electron chi connectivity index (χ3n) is 5.34. The quantitative estimate of drug-likeness (QED) is 0.632. The van der Waals surface area contributed by atoms with Gasteiger partial charge in [-0.3, -0.25) is 14.5 Å². The Hall–Kier alpha value is -3.46. The molecule has 0 bridgehead atoms. The molecule has 1 aromatic heterocycles. The van der Waals surface area contributed by atoms with Crippen molar-refractivity contribution in [1.29, 1.82) is 0 Å². The summed E-state index contributed by atoms with van der Waals surface area (Å²) in [6.45, 7) is 1.86. The molecule has 152 valence electrons. The van der Waals surface area contributed by atoms with Crippen molar-refractivity contribution in [3.8, 4) is 5.75 Å². The minimum absolute atomic E-state index is 0.303. The number of nitrogens with zero attached hydrogens (tertiary/aromatic N) is 2. The van der Waals surface area contributed by atoms with E-state index in [0.717, 1.165) is 20.1 Å². The Balaban J connectivity index is 1.35. The van der Waals surface area contributed by atoms with Crippen molar-refractivity contribution >= 4 is 45.1 Å². The fraction of sp³-hybridized carbons (Fsp3) is 0.238. The third-order valence-corrected chi connectivity index (χ3v) is 6.27.